The molecule has 10 heteroatoms. The van der Waals surface area contributed by atoms with Gasteiger partial charge in [0.2, 0.25) is 10.0 Å². The number of aromatic nitrogens is 2. The summed E-state index contributed by atoms with van der Waals surface area (Å²) in [7, 11) is -2.25. The number of rotatable bonds is 6. The van der Waals surface area contributed by atoms with E-state index < -0.39 is 15.8 Å². The van der Waals surface area contributed by atoms with E-state index in [0.29, 0.717) is 18.0 Å². The zero-order valence-corrected chi connectivity index (χ0v) is 22.3. The first-order chi connectivity index (χ1) is 17.5. The first kappa shape index (κ1) is 25.7. The predicted molar refractivity (Wildman–Crippen MR) is 139 cm³/mol. The molecule has 2 atom stereocenters. The molecule has 5 rings (SSSR count). The highest BCUT2D eigenvalue weighted by Crippen LogP contribution is 2.39. The molecule has 0 amide bonds. The smallest absolute Gasteiger partial charge is 0.244 e. The summed E-state index contributed by atoms with van der Waals surface area (Å²) in [5, 5.41) is 18.0. The molecule has 8 nitrogen and oxygen atoms in total. The minimum atomic E-state index is -3.82. The normalized spacial score (nSPS) is 21.2. The fourth-order valence-corrected chi connectivity index (χ4v) is 6.73. The second-order valence-corrected chi connectivity index (χ2v) is 12.8. The Bertz CT molecular complexity index is 1410. The van der Waals surface area contributed by atoms with Gasteiger partial charge in [0.1, 0.15) is 11.6 Å². The molecule has 1 aliphatic heterocycles. The maximum atomic E-state index is 15.8. The Kier molecular flexibility index (Phi) is 6.54. The van der Waals surface area contributed by atoms with Gasteiger partial charge in [-0.1, -0.05) is 12.1 Å². The van der Waals surface area contributed by atoms with E-state index in [4.69, 9.17) is 9.84 Å². The van der Waals surface area contributed by atoms with E-state index in [0.717, 1.165) is 24.1 Å². The second-order valence-electron chi connectivity index (χ2n) is 10.9. The van der Waals surface area contributed by atoms with Crippen LogP contribution >= 0.6 is 0 Å². The highest BCUT2D eigenvalue weighted by atomic mass is 32.2. The molecule has 0 saturated heterocycles. The van der Waals surface area contributed by atoms with E-state index >= 15 is 4.39 Å². The summed E-state index contributed by atoms with van der Waals surface area (Å²) in [6, 6.07) is 12.0. The molecular formula is C27H33FN4O4S. The summed E-state index contributed by atoms with van der Waals surface area (Å²) in [6.45, 7) is 6.13. The number of sulfonamides is 1. The van der Waals surface area contributed by atoms with Crippen molar-refractivity contribution in [1.29, 1.82) is 0 Å². The largest absolute Gasteiger partial charge is 0.497 e. The number of fused-ring (bicyclic) bond motifs is 1. The maximum absolute atomic E-state index is 15.8. The first-order valence-electron chi connectivity index (χ1n) is 12.5. The summed E-state index contributed by atoms with van der Waals surface area (Å²) >= 11 is 0. The van der Waals surface area contributed by atoms with Gasteiger partial charge in [0.15, 0.2) is 5.82 Å². The summed E-state index contributed by atoms with van der Waals surface area (Å²) in [5.41, 5.74) is 1.63. The van der Waals surface area contributed by atoms with E-state index in [2.05, 4.69) is 5.32 Å². The van der Waals surface area contributed by atoms with E-state index in [-0.39, 0.29) is 46.8 Å². The fraction of sp³-hybridized carbons (Fsp3) is 0.444. The number of hydrogen-bond acceptors (Lipinski definition) is 6. The van der Waals surface area contributed by atoms with Crippen molar-refractivity contribution in [3.8, 4) is 5.75 Å². The second kappa shape index (κ2) is 9.41. The summed E-state index contributed by atoms with van der Waals surface area (Å²) in [5.74, 6) is 0.872. The predicted octanol–water partition coefficient (Wildman–Crippen LogP) is 4.86. The van der Waals surface area contributed by atoms with Crippen molar-refractivity contribution < 1.29 is 22.7 Å². The topological polar surface area (TPSA) is 96.7 Å². The van der Waals surface area contributed by atoms with Crippen LogP contribution in [0.2, 0.25) is 0 Å². The van der Waals surface area contributed by atoms with Gasteiger partial charge in [-0.25, -0.2) is 17.5 Å². The molecule has 0 radical (unpaired) electrons. The number of methoxy groups -OCH3 is 1. The molecule has 2 heterocycles. The number of benzene rings is 2. The number of halogens is 1. The van der Waals surface area contributed by atoms with Gasteiger partial charge in [0, 0.05) is 30.6 Å². The zero-order chi connectivity index (χ0) is 26.5. The highest BCUT2D eigenvalue weighted by Gasteiger charge is 2.37. The van der Waals surface area contributed by atoms with Crippen LogP contribution in [-0.2, 0) is 28.7 Å². The van der Waals surface area contributed by atoms with Gasteiger partial charge >= 0.3 is 0 Å². The highest BCUT2D eigenvalue weighted by molar-refractivity contribution is 7.89. The molecule has 1 saturated carbocycles. The van der Waals surface area contributed by atoms with Gasteiger partial charge in [-0.2, -0.15) is 9.40 Å². The van der Waals surface area contributed by atoms with Gasteiger partial charge in [-0.05, 0) is 69.9 Å². The number of nitrogens with zero attached hydrogens (tertiary/aromatic N) is 3. The summed E-state index contributed by atoms with van der Waals surface area (Å²) < 4.78 is 50.4. The maximum Gasteiger partial charge on any atom is 0.244 e. The monoisotopic (exact) mass is 528 g/mol. The molecule has 0 bridgehead atoms. The van der Waals surface area contributed by atoms with E-state index in [1.165, 1.54) is 16.4 Å². The average Bonchev–Trinajstić information content (AvgIpc) is 3.53. The van der Waals surface area contributed by atoms with Crippen LogP contribution < -0.4 is 10.1 Å². The van der Waals surface area contributed by atoms with Gasteiger partial charge in [-0.15, -0.1) is 0 Å². The quantitative estimate of drug-likeness (QED) is 0.474. The number of nitrogens with one attached hydrogen (secondary N) is 1. The molecule has 198 valence electrons. The van der Waals surface area contributed by atoms with Crippen LogP contribution in [0.3, 0.4) is 0 Å². The van der Waals surface area contributed by atoms with Gasteiger partial charge in [0.25, 0.3) is 0 Å². The zero-order valence-electron chi connectivity index (χ0n) is 21.5. The molecule has 1 fully saturated rings. The van der Waals surface area contributed by atoms with E-state index in [9.17, 15) is 13.5 Å². The van der Waals surface area contributed by atoms with Crippen LogP contribution in [0.5, 0.6) is 5.75 Å². The Morgan fingerprint density at radius 3 is 2.51 bits per heavy atom. The van der Waals surface area contributed by atoms with Gasteiger partial charge in [-0.3, -0.25) is 0 Å². The molecular weight excluding hydrogens is 495 g/mol. The third-order valence-corrected chi connectivity index (χ3v) is 9.00. The number of anilines is 2. The Morgan fingerprint density at radius 2 is 1.89 bits per heavy atom. The molecule has 0 unspecified atom stereocenters. The van der Waals surface area contributed by atoms with Crippen LogP contribution in [0.25, 0.3) is 0 Å². The molecule has 2 N–H and O–H groups in total. The Morgan fingerprint density at radius 1 is 1.16 bits per heavy atom. The lowest BCUT2D eigenvalue weighted by Crippen LogP contribution is -2.25. The van der Waals surface area contributed by atoms with Crippen molar-refractivity contribution in [1.82, 2.24) is 14.1 Å². The third-order valence-electron chi connectivity index (χ3n) is 7.12. The lowest BCUT2D eigenvalue weighted by atomic mass is 10.0. The lowest BCUT2D eigenvalue weighted by Gasteiger charge is -2.23. The Balaban J connectivity index is 1.43. The van der Waals surface area contributed by atoms with Crippen LogP contribution in [0, 0.1) is 5.82 Å². The molecule has 2 aromatic carbocycles. The molecule has 0 spiro atoms. The molecule has 1 aromatic heterocycles. The Labute approximate surface area is 217 Å². The fourth-order valence-electron chi connectivity index (χ4n) is 5.13. The van der Waals surface area contributed by atoms with Crippen molar-refractivity contribution >= 4 is 21.5 Å². The number of hydrogen-bond donors (Lipinski definition) is 2. The van der Waals surface area contributed by atoms with Crippen LogP contribution in [-0.4, -0.2) is 40.8 Å². The number of ether oxygens (including phenoxy) is 1. The summed E-state index contributed by atoms with van der Waals surface area (Å²) in [6.07, 6.45) is 1.95. The minimum Gasteiger partial charge on any atom is -0.497 e. The third kappa shape index (κ3) is 4.85. The minimum absolute atomic E-state index is 0.00553. The van der Waals surface area contributed by atoms with E-state index in [1.54, 1.807) is 31.4 Å². The molecule has 37 heavy (non-hydrogen) atoms. The summed E-state index contributed by atoms with van der Waals surface area (Å²) in [4.78, 5) is -0.00553. The van der Waals surface area contributed by atoms with Crippen LogP contribution in [0.15, 0.2) is 47.4 Å². The standard InChI is InChI=1S/C27H33FN4O4S/c1-27(2,3)32-25(14-23(30-32)18-7-8-19(33)13-18)29-22-11-12-24-21(26(22)28)16-31(37(24,34)35)15-17-5-9-20(36-4)10-6-17/h5-6,9-12,14,18-19,29,33H,7-8,13,15-16H2,1-4H3/t18-,19+/m0/s1. The molecule has 1 aliphatic carbocycles. The first-order valence-corrected chi connectivity index (χ1v) is 13.9. The SMILES string of the molecule is COc1ccc(CN2Cc3c(ccc(Nc4cc([C@H]5CC[C@@H](O)C5)nn4C(C)(C)C)c3F)S2(=O)=O)cc1. The van der Waals surface area contributed by atoms with Gasteiger partial charge in [0.05, 0.1) is 35.0 Å². The van der Waals surface area contributed by atoms with Crippen LogP contribution in [0.1, 0.15) is 62.8 Å². The Hall–Kier alpha value is -2.95. The van der Waals surface area contributed by atoms with Crippen molar-refractivity contribution in [2.24, 2.45) is 0 Å². The van der Waals surface area contributed by atoms with Crippen molar-refractivity contribution in [3.05, 3.63) is 65.1 Å². The van der Waals surface area contributed by atoms with Crippen molar-refractivity contribution in [2.75, 3.05) is 12.4 Å². The number of aliphatic hydroxyl groups is 1. The van der Waals surface area contributed by atoms with Crippen molar-refractivity contribution in [3.63, 3.8) is 0 Å². The lowest BCUT2D eigenvalue weighted by molar-refractivity contribution is 0.181. The van der Waals surface area contributed by atoms with E-state index in [1.807, 2.05) is 31.5 Å². The van der Waals surface area contributed by atoms with Crippen molar-refractivity contribution in [2.45, 2.75) is 75.6 Å². The molecule has 3 aromatic rings. The average molecular weight is 529 g/mol. The number of aliphatic hydroxyl groups excluding tert-OH is 1. The molecule has 2 aliphatic rings. The van der Waals surface area contributed by atoms with Crippen LogP contribution in [0.4, 0.5) is 15.9 Å². The van der Waals surface area contributed by atoms with Gasteiger partial charge < -0.3 is 15.2 Å².